The van der Waals surface area contributed by atoms with Crippen molar-refractivity contribution < 1.29 is 0 Å². The van der Waals surface area contributed by atoms with E-state index in [0.29, 0.717) is 5.41 Å². The molecule has 108 valence electrons. The molecule has 0 bridgehead atoms. The molecule has 1 saturated carbocycles. The van der Waals surface area contributed by atoms with Crippen molar-refractivity contribution in [2.24, 2.45) is 5.41 Å². The monoisotopic (exact) mass is 265 g/mol. The van der Waals surface area contributed by atoms with Crippen LogP contribution >= 0.6 is 0 Å². The molecule has 0 spiro atoms. The summed E-state index contributed by atoms with van der Waals surface area (Å²) in [7, 11) is 0. The summed E-state index contributed by atoms with van der Waals surface area (Å²) >= 11 is 0. The SMILES string of the molecule is CCCNC(C)c1nnnn1CC1(C)CCCCC1. The van der Waals surface area contributed by atoms with Crippen LogP contribution in [-0.2, 0) is 6.54 Å². The highest BCUT2D eigenvalue weighted by atomic mass is 15.5. The summed E-state index contributed by atoms with van der Waals surface area (Å²) in [5.41, 5.74) is 0.368. The Kier molecular flexibility index (Phi) is 4.91. The van der Waals surface area contributed by atoms with Crippen molar-refractivity contribution in [3.63, 3.8) is 0 Å². The Hall–Kier alpha value is -0.970. The van der Waals surface area contributed by atoms with Crippen molar-refractivity contribution >= 4 is 0 Å². The van der Waals surface area contributed by atoms with Gasteiger partial charge < -0.3 is 5.32 Å². The molecule has 1 N–H and O–H groups in total. The van der Waals surface area contributed by atoms with Crippen LogP contribution in [0, 0.1) is 5.41 Å². The van der Waals surface area contributed by atoms with Gasteiger partial charge in [0.1, 0.15) is 0 Å². The zero-order valence-electron chi connectivity index (χ0n) is 12.5. The van der Waals surface area contributed by atoms with Crippen molar-refractivity contribution in [1.82, 2.24) is 25.5 Å². The van der Waals surface area contributed by atoms with Gasteiger partial charge in [-0.25, -0.2) is 4.68 Å². The molecular weight excluding hydrogens is 238 g/mol. The van der Waals surface area contributed by atoms with Gasteiger partial charge in [0.2, 0.25) is 0 Å². The van der Waals surface area contributed by atoms with Crippen molar-refractivity contribution in [1.29, 1.82) is 0 Å². The molecule has 2 rings (SSSR count). The number of rotatable bonds is 6. The molecule has 0 aromatic carbocycles. The van der Waals surface area contributed by atoms with Gasteiger partial charge in [-0.05, 0) is 48.6 Å². The summed E-state index contributed by atoms with van der Waals surface area (Å²) < 4.78 is 2.01. The van der Waals surface area contributed by atoms with Gasteiger partial charge in [0.25, 0.3) is 0 Å². The number of tetrazole rings is 1. The topological polar surface area (TPSA) is 55.6 Å². The Morgan fingerprint density at radius 2 is 2.05 bits per heavy atom. The molecule has 5 nitrogen and oxygen atoms in total. The van der Waals surface area contributed by atoms with E-state index >= 15 is 0 Å². The molecule has 0 aliphatic heterocycles. The number of nitrogens with one attached hydrogen (secondary N) is 1. The Labute approximate surface area is 116 Å². The fourth-order valence-corrected chi connectivity index (χ4v) is 3.01. The van der Waals surface area contributed by atoms with Gasteiger partial charge >= 0.3 is 0 Å². The van der Waals surface area contributed by atoms with Crippen molar-refractivity contribution in [2.45, 2.75) is 71.9 Å². The van der Waals surface area contributed by atoms with Crippen LogP contribution < -0.4 is 5.32 Å². The Balaban J connectivity index is 2.02. The lowest BCUT2D eigenvalue weighted by molar-refractivity contribution is 0.171. The van der Waals surface area contributed by atoms with Gasteiger partial charge in [-0.2, -0.15) is 0 Å². The average molecular weight is 265 g/mol. The van der Waals surface area contributed by atoms with Gasteiger partial charge in [-0.15, -0.1) is 5.10 Å². The predicted octanol–water partition coefficient (Wildman–Crippen LogP) is 2.70. The molecule has 0 radical (unpaired) electrons. The van der Waals surface area contributed by atoms with Gasteiger partial charge in [0.05, 0.1) is 12.6 Å². The van der Waals surface area contributed by atoms with Crippen LogP contribution in [0.25, 0.3) is 0 Å². The second-order valence-corrected chi connectivity index (χ2v) is 6.24. The summed E-state index contributed by atoms with van der Waals surface area (Å²) in [6.45, 7) is 8.65. The summed E-state index contributed by atoms with van der Waals surface area (Å²) in [4.78, 5) is 0. The van der Waals surface area contributed by atoms with E-state index in [9.17, 15) is 0 Å². The van der Waals surface area contributed by atoms with E-state index in [1.807, 2.05) is 4.68 Å². The van der Waals surface area contributed by atoms with Gasteiger partial charge in [0.15, 0.2) is 5.82 Å². The molecule has 1 atom stereocenters. The van der Waals surface area contributed by atoms with E-state index in [-0.39, 0.29) is 6.04 Å². The van der Waals surface area contributed by atoms with E-state index in [1.165, 1.54) is 32.1 Å². The summed E-state index contributed by atoms with van der Waals surface area (Å²) in [6, 6.07) is 0.224. The summed E-state index contributed by atoms with van der Waals surface area (Å²) in [5.74, 6) is 0.972. The molecule has 5 heteroatoms. The maximum absolute atomic E-state index is 4.20. The highest BCUT2D eigenvalue weighted by Crippen LogP contribution is 2.37. The van der Waals surface area contributed by atoms with Crippen molar-refractivity contribution in [2.75, 3.05) is 6.54 Å². The minimum Gasteiger partial charge on any atom is -0.307 e. The highest BCUT2D eigenvalue weighted by molar-refractivity contribution is 4.91. The molecule has 1 fully saturated rings. The number of nitrogens with zero attached hydrogens (tertiary/aromatic N) is 4. The van der Waals surface area contributed by atoms with Crippen LogP contribution in [0.15, 0.2) is 0 Å². The predicted molar refractivity (Wildman–Crippen MR) is 75.7 cm³/mol. The lowest BCUT2D eigenvalue weighted by atomic mass is 9.76. The first kappa shape index (κ1) is 14.4. The average Bonchev–Trinajstić information content (AvgIpc) is 2.84. The highest BCUT2D eigenvalue weighted by Gasteiger charge is 2.29. The third kappa shape index (κ3) is 3.75. The summed E-state index contributed by atoms with van der Waals surface area (Å²) in [5, 5.41) is 15.7. The lowest BCUT2D eigenvalue weighted by Crippen LogP contribution is -2.30. The molecular formula is C14H27N5. The fourth-order valence-electron chi connectivity index (χ4n) is 3.01. The maximum Gasteiger partial charge on any atom is 0.167 e. The van der Waals surface area contributed by atoms with Crippen molar-refractivity contribution in [3.05, 3.63) is 5.82 Å². The Morgan fingerprint density at radius 1 is 1.32 bits per heavy atom. The number of aromatic nitrogens is 4. The largest absolute Gasteiger partial charge is 0.307 e. The van der Waals surface area contributed by atoms with Gasteiger partial charge in [-0.1, -0.05) is 33.1 Å². The standard InChI is InChI=1S/C14H27N5/c1-4-10-15-12(2)13-16-17-18-19(13)11-14(3)8-6-5-7-9-14/h12,15H,4-11H2,1-3H3. The van der Waals surface area contributed by atoms with Gasteiger partial charge in [-0.3, -0.25) is 0 Å². The first-order valence-electron chi connectivity index (χ1n) is 7.64. The third-order valence-corrected chi connectivity index (χ3v) is 4.24. The molecule has 1 aromatic heterocycles. The zero-order valence-corrected chi connectivity index (χ0v) is 12.5. The third-order valence-electron chi connectivity index (χ3n) is 4.24. The van der Waals surface area contributed by atoms with Crippen LogP contribution in [0.3, 0.4) is 0 Å². The molecule has 1 unspecified atom stereocenters. The number of hydrogen-bond donors (Lipinski definition) is 1. The molecule has 1 aromatic rings. The first-order valence-corrected chi connectivity index (χ1v) is 7.64. The normalized spacial score (nSPS) is 20.4. The Bertz CT molecular complexity index is 381. The molecule has 1 heterocycles. The first-order chi connectivity index (χ1) is 9.14. The second-order valence-electron chi connectivity index (χ2n) is 6.24. The van der Waals surface area contributed by atoms with E-state index in [2.05, 4.69) is 41.6 Å². The minimum atomic E-state index is 0.224. The molecule has 0 amide bonds. The van der Waals surface area contributed by atoms with E-state index < -0.39 is 0 Å². The van der Waals surface area contributed by atoms with Crippen LogP contribution in [0.2, 0.25) is 0 Å². The fraction of sp³-hybridized carbons (Fsp3) is 0.929. The lowest BCUT2D eigenvalue weighted by Gasteiger charge is -2.33. The molecule has 19 heavy (non-hydrogen) atoms. The van der Waals surface area contributed by atoms with E-state index in [0.717, 1.165) is 25.3 Å². The van der Waals surface area contributed by atoms with Crippen LogP contribution in [0.1, 0.15) is 71.2 Å². The minimum absolute atomic E-state index is 0.224. The second kappa shape index (κ2) is 6.46. The Morgan fingerprint density at radius 3 is 2.74 bits per heavy atom. The summed E-state index contributed by atoms with van der Waals surface area (Å²) in [6.07, 6.45) is 7.79. The smallest absolute Gasteiger partial charge is 0.167 e. The van der Waals surface area contributed by atoms with E-state index in [4.69, 9.17) is 0 Å². The molecule has 1 aliphatic carbocycles. The molecule has 1 aliphatic rings. The van der Waals surface area contributed by atoms with Crippen LogP contribution in [-0.4, -0.2) is 26.8 Å². The zero-order chi connectivity index (χ0) is 13.7. The quantitative estimate of drug-likeness (QED) is 0.859. The van der Waals surface area contributed by atoms with Crippen LogP contribution in [0.5, 0.6) is 0 Å². The van der Waals surface area contributed by atoms with Crippen molar-refractivity contribution in [3.8, 4) is 0 Å². The van der Waals surface area contributed by atoms with E-state index in [1.54, 1.807) is 0 Å². The van der Waals surface area contributed by atoms with Crippen LogP contribution in [0.4, 0.5) is 0 Å². The maximum atomic E-state index is 4.20. The number of hydrogen-bond acceptors (Lipinski definition) is 4. The van der Waals surface area contributed by atoms with Gasteiger partial charge in [0, 0.05) is 0 Å². The molecule has 0 saturated heterocycles.